The van der Waals surface area contributed by atoms with Gasteiger partial charge in [-0.15, -0.1) is 5.10 Å². The van der Waals surface area contributed by atoms with Crippen LogP contribution in [0, 0.1) is 6.92 Å². The number of rotatable bonds is 3. The van der Waals surface area contributed by atoms with Gasteiger partial charge in [0.15, 0.2) is 5.82 Å². The molecule has 0 radical (unpaired) electrons. The maximum Gasteiger partial charge on any atom is 0.253 e. The zero-order valence-electron chi connectivity index (χ0n) is 12.5. The van der Waals surface area contributed by atoms with E-state index in [1.807, 2.05) is 26.1 Å². The summed E-state index contributed by atoms with van der Waals surface area (Å²) in [4.78, 5) is 16.3. The maximum absolute atomic E-state index is 12.4. The number of hydrogen-bond donors (Lipinski definition) is 0. The quantitative estimate of drug-likeness (QED) is 0.872. The summed E-state index contributed by atoms with van der Waals surface area (Å²) in [7, 11) is 1.83. The van der Waals surface area contributed by atoms with Crippen LogP contribution in [0.4, 0.5) is 5.82 Å². The Labute approximate surface area is 134 Å². The van der Waals surface area contributed by atoms with Crippen molar-refractivity contribution >= 4 is 23.3 Å². The van der Waals surface area contributed by atoms with Crippen molar-refractivity contribution in [2.24, 2.45) is 0 Å². The van der Waals surface area contributed by atoms with E-state index >= 15 is 0 Å². The summed E-state index contributed by atoms with van der Waals surface area (Å²) in [5.74, 6) is 0.866. The Bertz CT molecular complexity index is 666. The van der Waals surface area contributed by atoms with Crippen LogP contribution in [0.3, 0.4) is 0 Å². The Morgan fingerprint density at radius 3 is 2.45 bits per heavy atom. The van der Waals surface area contributed by atoms with Crippen LogP contribution >= 0.6 is 11.6 Å². The number of carbonyl (C=O) groups excluding carboxylic acids is 1. The molecule has 1 amide bonds. The minimum absolute atomic E-state index is 0.0105. The number of benzene rings is 1. The van der Waals surface area contributed by atoms with Gasteiger partial charge in [0.25, 0.3) is 5.91 Å². The van der Waals surface area contributed by atoms with Crippen LogP contribution < -0.4 is 4.90 Å². The van der Waals surface area contributed by atoms with Crippen molar-refractivity contribution < 1.29 is 4.79 Å². The summed E-state index contributed by atoms with van der Waals surface area (Å²) in [6.45, 7) is 3.45. The molecule has 0 saturated carbocycles. The molecule has 0 spiro atoms. The first-order chi connectivity index (χ1) is 10.5. The SMILES string of the molecule is Cc1ccc(N2CC(N(C)C(=O)c3ccc(Cl)cc3)C2)nn1. The lowest BCUT2D eigenvalue weighted by Crippen LogP contribution is -2.60. The van der Waals surface area contributed by atoms with Crippen LogP contribution in [0.5, 0.6) is 0 Å². The molecule has 1 aliphatic heterocycles. The normalized spacial score (nSPS) is 14.6. The van der Waals surface area contributed by atoms with E-state index < -0.39 is 0 Å². The van der Waals surface area contributed by atoms with Gasteiger partial charge in [-0.3, -0.25) is 4.79 Å². The Kier molecular flexibility index (Phi) is 3.98. The van der Waals surface area contributed by atoms with Crippen LogP contribution in [0.2, 0.25) is 5.02 Å². The molecule has 0 N–H and O–H groups in total. The van der Waals surface area contributed by atoms with Crippen LogP contribution in [-0.4, -0.2) is 47.2 Å². The standard InChI is InChI=1S/C16H17ClN4O/c1-11-3-8-15(19-18-11)21-9-14(10-21)20(2)16(22)12-4-6-13(17)7-5-12/h3-8,14H,9-10H2,1-2H3. The van der Waals surface area contributed by atoms with Gasteiger partial charge in [-0.05, 0) is 43.3 Å². The fraction of sp³-hybridized carbons (Fsp3) is 0.312. The fourth-order valence-electron chi connectivity index (χ4n) is 2.41. The third-order valence-corrected chi connectivity index (χ3v) is 4.18. The molecule has 5 nitrogen and oxygen atoms in total. The number of amides is 1. The molecule has 0 unspecified atom stereocenters. The molecule has 1 aliphatic rings. The number of halogens is 1. The van der Waals surface area contributed by atoms with Crippen molar-refractivity contribution in [2.45, 2.75) is 13.0 Å². The van der Waals surface area contributed by atoms with E-state index in [4.69, 9.17) is 11.6 Å². The van der Waals surface area contributed by atoms with Gasteiger partial charge in [-0.2, -0.15) is 5.10 Å². The minimum Gasteiger partial charge on any atom is -0.351 e. The molecule has 0 bridgehead atoms. The topological polar surface area (TPSA) is 49.3 Å². The van der Waals surface area contributed by atoms with Gasteiger partial charge in [-0.25, -0.2) is 0 Å². The van der Waals surface area contributed by atoms with Crippen LogP contribution in [-0.2, 0) is 0 Å². The van der Waals surface area contributed by atoms with E-state index in [2.05, 4.69) is 15.1 Å². The molecule has 2 heterocycles. The first-order valence-corrected chi connectivity index (χ1v) is 7.50. The Morgan fingerprint density at radius 1 is 1.18 bits per heavy atom. The third kappa shape index (κ3) is 2.90. The predicted molar refractivity (Wildman–Crippen MR) is 86.3 cm³/mol. The molecule has 1 aromatic heterocycles. The van der Waals surface area contributed by atoms with Gasteiger partial charge in [0.05, 0.1) is 11.7 Å². The summed E-state index contributed by atoms with van der Waals surface area (Å²) in [6, 6.07) is 11.1. The minimum atomic E-state index is 0.0105. The molecular formula is C16H17ClN4O. The molecule has 1 aromatic carbocycles. The van der Waals surface area contributed by atoms with Gasteiger partial charge in [0.2, 0.25) is 0 Å². The number of aromatic nitrogens is 2. The Morgan fingerprint density at radius 2 is 1.86 bits per heavy atom. The summed E-state index contributed by atoms with van der Waals surface area (Å²) >= 11 is 5.85. The second-order valence-corrected chi connectivity index (χ2v) is 5.95. The second-order valence-electron chi connectivity index (χ2n) is 5.51. The van der Waals surface area contributed by atoms with E-state index in [9.17, 15) is 4.79 Å². The lowest BCUT2D eigenvalue weighted by atomic mass is 10.1. The smallest absolute Gasteiger partial charge is 0.253 e. The summed E-state index contributed by atoms with van der Waals surface area (Å²) < 4.78 is 0. The van der Waals surface area contributed by atoms with Crippen LogP contribution in [0.15, 0.2) is 36.4 Å². The first-order valence-electron chi connectivity index (χ1n) is 7.12. The molecule has 0 atom stereocenters. The van der Waals surface area contributed by atoms with Gasteiger partial charge < -0.3 is 9.80 Å². The number of hydrogen-bond acceptors (Lipinski definition) is 4. The highest BCUT2D eigenvalue weighted by Gasteiger charge is 2.33. The third-order valence-electron chi connectivity index (χ3n) is 3.93. The predicted octanol–water partition coefficient (Wildman–Crippen LogP) is 2.40. The summed E-state index contributed by atoms with van der Waals surface area (Å²) in [6.07, 6.45) is 0. The number of anilines is 1. The molecule has 1 saturated heterocycles. The van der Waals surface area contributed by atoms with Gasteiger partial charge >= 0.3 is 0 Å². The van der Waals surface area contributed by atoms with Gasteiger partial charge in [0.1, 0.15) is 0 Å². The zero-order chi connectivity index (χ0) is 15.7. The molecule has 22 heavy (non-hydrogen) atoms. The van der Waals surface area contributed by atoms with Crippen molar-refractivity contribution in [3.8, 4) is 0 Å². The highest BCUT2D eigenvalue weighted by Crippen LogP contribution is 2.22. The molecule has 114 valence electrons. The monoisotopic (exact) mass is 316 g/mol. The van der Waals surface area contributed by atoms with Gasteiger partial charge in [0, 0.05) is 30.7 Å². The highest BCUT2D eigenvalue weighted by molar-refractivity contribution is 6.30. The van der Waals surface area contributed by atoms with E-state index in [1.54, 1.807) is 29.2 Å². The number of carbonyl (C=O) groups is 1. The van der Waals surface area contributed by atoms with Crippen molar-refractivity contribution in [3.05, 3.63) is 52.7 Å². The molecule has 1 fully saturated rings. The second kappa shape index (κ2) is 5.93. The number of nitrogens with zero attached hydrogens (tertiary/aromatic N) is 4. The van der Waals surface area contributed by atoms with Crippen LogP contribution in [0.25, 0.3) is 0 Å². The van der Waals surface area contributed by atoms with Crippen molar-refractivity contribution in [1.82, 2.24) is 15.1 Å². The molecular weight excluding hydrogens is 300 g/mol. The molecule has 2 aromatic rings. The summed E-state index contributed by atoms with van der Waals surface area (Å²) in [5.41, 5.74) is 1.55. The van der Waals surface area contributed by atoms with E-state index in [-0.39, 0.29) is 11.9 Å². The van der Waals surface area contributed by atoms with Crippen molar-refractivity contribution in [1.29, 1.82) is 0 Å². The number of likely N-dealkylation sites (N-methyl/N-ethyl adjacent to an activating group) is 1. The average Bonchev–Trinajstić information content (AvgIpc) is 2.47. The molecule has 0 aliphatic carbocycles. The van der Waals surface area contributed by atoms with Gasteiger partial charge in [-0.1, -0.05) is 11.6 Å². The maximum atomic E-state index is 12.4. The number of aryl methyl sites for hydroxylation is 1. The lowest BCUT2D eigenvalue weighted by molar-refractivity contribution is 0.0705. The molecule has 6 heteroatoms. The van der Waals surface area contributed by atoms with E-state index in [0.717, 1.165) is 24.6 Å². The van der Waals surface area contributed by atoms with Crippen molar-refractivity contribution in [2.75, 3.05) is 25.0 Å². The average molecular weight is 317 g/mol. The summed E-state index contributed by atoms with van der Waals surface area (Å²) in [5, 5.41) is 8.85. The van der Waals surface area contributed by atoms with Crippen molar-refractivity contribution in [3.63, 3.8) is 0 Å². The first kappa shape index (κ1) is 14.8. The van der Waals surface area contributed by atoms with E-state index in [1.165, 1.54) is 0 Å². The zero-order valence-corrected chi connectivity index (χ0v) is 13.3. The largest absolute Gasteiger partial charge is 0.351 e. The Hall–Kier alpha value is -2.14. The highest BCUT2D eigenvalue weighted by atomic mass is 35.5. The van der Waals surface area contributed by atoms with E-state index in [0.29, 0.717) is 10.6 Å². The lowest BCUT2D eigenvalue weighted by Gasteiger charge is -2.44. The van der Waals surface area contributed by atoms with Crippen LogP contribution in [0.1, 0.15) is 16.1 Å². The molecule has 3 rings (SSSR count). The fourth-order valence-corrected chi connectivity index (χ4v) is 2.54. The Balaban J connectivity index is 1.61.